The van der Waals surface area contributed by atoms with Gasteiger partial charge in [0.25, 0.3) is 5.91 Å². The third kappa shape index (κ3) is 6.67. The molecule has 0 saturated carbocycles. The first-order chi connectivity index (χ1) is 22.7. The van der Waals surface area contributed by atoms with Crippen molar-refractivity contribution in [1.82, 2.24) is 29.6 Å². The number of rotatable bonds is 9. The molecule has 1 atom stereocenters. The number of pyridine rings is 2. The van der Waals surface area contributed by atoms with Gasteiger partial charge in [0.05, 0.1) is 29.7 Å². The van der Waals surface area contributed by atoms with Gasteiger partial charge < -0.3 is 25.2 Å². The van der Waals surface area contributed by atoms with Crippen molar-refractivity contribution >= 4 is 57.2 Å². The fourth-order valence-corrected chi connectivity index (χ4v) is 6.33. The molecule has 1 saturated heterocycles. The Hall–Kier alpha value is -5.27. The molecule has 0 bridgehead atoms. The number of para-hydroxylation sites is 1. The Morgan fingerprint density at radius 1 is 1.15 bits per heavy atom. The van der Waals surface area contributed by atoms with E-state index in [2.05, 4.69) is 39.1 Å². The van der Waals surface area contributed by atoms with Crippen LogP contribution in [0.5, 0.6) is 5.75 Å². The largest absolute Gasteiger partial charge is 0.493 e. The lowest BCUT2D eigenvalue weighted by atomic mass is 10.1. The van der Waals surface area contributed by atoms with Crippen LogP contribution in [0.1, 0.15) is 22.2 Å². The van der Waals surface area contributed by atoms with Crippen LogP contribution in [-0.4, -0.2) is 74.2 Å². The number of hydrogen-bond donors (Lipinski definition) is 2. The molecule has 1 aliphatic rings. The van der Waals surface area contributed by atoms with Gasteiger partial charge in [0, 0.05) is 49.8 Å². The highest BCUT2D eigenvalue weighted by molar-refractivity contribution is 7.17. The molecule has 47 heavy (non-hydrogen) atoms. The van der Waals surface area contributed by atoms with E-state index in [-0.39, 0.29) is 17.9 Å². The van der Waals surface area contributed by atoms with Crippen LogP contribution in [-0.2, 0) is 4.79 Å². The number of ether oxygens (including phenoxy) is 1. The van der Waals surface area contributed by atoms with Crippen molar-refractivity contribution in [2.45, 2.75) is 19.9 Å². The van der Waals surface area contributed by atoms with Crippen molar-refractivity contribution in [1.29, 1.82) is 0 Å². The molecule has 5 aromatic rings. The maximum absolute atomic E-state index is 13.0. The van der Waals surface area contributed by atoms with E-state index in [0.29, 0.717) is 57.6 Å². The highest BCUT2D eigenvalue weighted by Crippen LogP contribution is 2.34. The highest BCUT2D eigenvalue weighted by Gasteiger charge is 2.29. The van der Waals surface area contributed by atoms with E-state index < -0.39 is 0 Å². The summed E-state index contributed by atoms with van der Waals surface area (Å²) in [6.45, 7) is 9.30. The number of benzene rings is 1. The van der Waals surface area contributed by atoms with Gasteiger partial charge in [-0.05, 0) is 55.8 Å². The fraction of sp³-hybridized carbons (Fsp3) is 0.212. The van der Waals surface area contributed by atoms with Gasteiger partial charge in [-0.1, -0.05) is 41.6 Å². The van der Waals surface area contributed by atoms with Crippen LogP contribution in [0.4, 0.5) is 22.5 Å². The predicted molar refractivity (Wildman–Crippen MR) is 184 cm³/mol. The molecule has 14 heteroatoms. The summed E-state index contributed by atoms with van der Waals surface area (Å²) in [7, 11) is 1.56. The van der Waals surface area contributed by atoms with E-state index in [9.17, 15) is 9.59 Å². The molecular formula is C33H32ClN9O3S. The second-order valence-corrected chi connectivity index (χ2v) is 12.3. The van der Waals surface area contributed by atoms with Gasteiger partial charge in [-0.25, -0.2) is 19.6 Å². The Kier molecular flexibility index (Phi) is 9.18. The maximum Gasteiger partial charge on any atom is 0.267 e. The minimum atomic E-state index is -0.319. The zero-order valence-corrected chi connectivity index (χ0v) is 27.5. The quantitative estimate of drug-likeness (QED) is 0.182. The average Bonchev–Trinajstić information content (AvgIpc) is 3.79. The van der Waals surface area contributed by atoms with E-state index in [4.69, 9.17) is 26.3 Å². The zero-order chi connectivity index (χ0) is 33.1. The van der Waals surface area contributed by atoms with Crippen LogP contribution in [0.2, 0.25) is 5.02 Å². The summed E-state index contributed by atoms with van der Waals surface area (Å²) in [6.07, 6.45) is 8.20. The third-order valence-corrected chi connectivity index (χ3v) is 9.00. The number of carbonyl (C=O) groups is 2. The number of hydrogen-bond acceptors (Lipinski definition) is 10. The number of halogens is 1. The molecule has 1 aliphatic heterocycles. The van der Waals surface area contributed by atoms with Crippen LogP contribution >= 0.6 is 22.9 Å². The first-order valence-corrected chi connectivity index (χ1v) is 16.0. The number of aryl methyl sites for hydroxylation is 1. The number of carbonyl (C=O) groups excluding carboxylic acids is 2. The molecule has 0 unspecified atom stereocenters. The molecule has 0 radical (unpaired) electrons. The average molecular weight is 670 g/mol. The van der Waals surface area contributed by atoms with Gasteiger partial charge in [0.2, 0.25) is 5.91 Å². The number of methoxy groups -OCH3 is 1. The molecule has 4 aromatic heterocycles. The van der Waals surface area contributed by atoms with Crippen molar-refractivity contribution in [3.63, 3.8) is 0 Å². The summed E-state index contributed by atoms with van der Waals surface area (Å²) in [5.41, 5.74) is 3.59. The van der Waals surface area contributed by atoms with Crippen LogP contribution in [0.3, 0.4) is 0 Å². The number of thiazole rings is 1. The van der Waals surface area contributed by atoms with Crippen molar-refractivity contribution < 1.29 is 14.3 Å². The van der Waals surface area contributed by atoms with Crippen molar-refractivity contribution in [2.75, 3.05) is 42.3 Å². The summed E-state index contributed by atoms with van der Waals surface area (Å²) in [5.74, 6) is 1.28. The first-order valence-electron chi connectivity index (χ1n) is 14.8. The number of nitrogens with zero attached hydrogens (tertiary/aromatic N) is 7. The summed E-state index contributed by atoms with van der Waals surface area (Å²) in [6, 6.07) is 13.0. The second-order valence-electron chi connectivity index (χ2n) is 10.8. The van der Waals surface area contributed by atoms with E-state index in [1.165, 1.54) is 23.6 Å². The van der Waals surface area contributed by atoms with E-state index in [1.54, 1.807) is 35.2 Å². The van der Waals surface area contributed by atoms with Gasteiger partial charge in [-0.15, -0.1) is 0 Å². The molecule has 240 valence electrons. The SMILES string of the molecule is C=CC(=O)N1CCN(c2ncc(-c3ccc(OC)c(Nc4ncc(C(=O)Nc5c(C)cccc5Cl)s4)n3)cc2-n2cccn2)[C@@H](C)C1. The minimum Gasteiger partial charge on any atom is -0.493 e. The Balaban J connectivity index is 1.27. The van der Waals surface area contributed by atoms with Crippen molar-refractivity contribution in [2.24, 2.45) is 0 Å². The summed E-state index contributed by atoms with van der Waals surface area (Å²) in [5, 5.41) is 11.5. The zero-order valence-electron chi connectivity index (χ0n) is 26.0. The Morgan fingerprint density at radius 2 is 2.00 bits per heavy atom. The van der Waals surface area contributed by atoms with Gasteiger partial charge >= 0.3 is 0 Å². The van der Waals surface area contributed by atoms with Gasteiger partial charge in [-0.2, -0.15) is 5.10 Å². The number of amides is 2. The maximum atomic E-state index is 13.0. The monoisotopic (exact) mass is 669 g/mol. The molecule has 0 aliphatic carbocycles. The smallest absolute Gasteiger partial charge is 0.267 e. The fourth-order valence-electron chi connectivity index (χ4n) is 5.35. The summed E-state index contributed by atoms with van der Waals surface area (Å²) in [4.78, 5) is 43.7. The normalized spacial score (nSPS) is 14.5. The lowest BCUT2D eigenvalue weighted by Crippen LogP contribution is -2.54. The van der Waals surface area contributed by atoms with E-state index in [0.717, 1.165) is 22.6 Å². The standard InChI is InChI=1S/C33H32ClN9O3S/c1-5-28(44)41-14-15-42(21(3)19-41)31-25(43-13-7-12-37-43)16-22(17-35-31)24-10-11-26(46-4)30(38-24)40-33-36-18-27(47-33)32(45)39-29-20(2)8-6-9-23(29)34/h5-13,16-18,21H,1,14-15,19H2,2-4H3,(H,39,45)(H,36,38,40)/t21-/m0/s1. The molecule has 2 amide bonds. The highest BCUT2D eigenvalue weighted by atomic mass is 35.5. The Labute approximate surface area is 280 Å². The summed E-state index contributed by atoms with van der Waals surface area (Å²) < 4.78 is 7.35. The summed E-state index contributed by atoms with van der Waals surface area (Å²) >= 11 is 7.47. The molecule has 5 heterocycles. The predicted octanol–water partition coefficient (Wildman–Crippen LogP) is 5.98. The van der Waals surface area contributed by atoms with E-state index in [1.807, 2.05) is 49.5 Å². The van der Waals surface area contributed by atoms with Gasteiger partial charge in [0.1, 0.15) is 10.6 Å². The van der Waals surface area contributed by atoms with Crippen LogP contribution in [0.25, 0.3) is 16.9 Å². The van der Waals surface area contributed by atoms with Crippen LogP contribution in [0.15, 0.2) is 79.9 Å². The third-order valence-electron chi connectivity index (χ3n) is 7.77. The number of nitrogens with one attached hydrogen (secondary N) is 2. The molecule has 12 nitrogen and oxygen atoms in total. The Bertz CT molecular complexity index is 1930. The lowest BCUT2D eigenvalue weighted by Gasteiger charge is -2.40. The lowest BCUT2D eigenvalue weighted by molar-refractivity contribution is -0.126. The number of piperazine rings is 1. The number of anilines is 4. The van der Waals surface area contributed by atoms with Crippen molar-refractivity contribution in [3.8, 4) is 22.7 Å². The topological polar surface area (TPSA) is 130 Å². The first kappa shape index (κ1) is 31.7. The number of aromatic nitrogens is 5. The Morgan fingerprint density at radius 3 is 2.72 bits per heavy atom. The molecule has 0 spiro atoms. The minimum absolute atomic E-state index is 0.0224. The molecule has 2 N–H and O–H groups in total. The second kappa shape index (κ2) is 13.6. The molecule has 1 aromatic carbocycles. The molecular weight excluding hydrogens is 638 g/mol. The van der Waals surface area contributed by atoms with Crippen LogP contribution in [0, 0.1) is 6.92 Å². The van der Waals surface area contributed by atoms with Crippen molar-refractivity contribution in [3.05, 3.63) is 95.4 Å². The molecule has 6 rings (SSSR count). The van der Waals surface area contributed by atoms with Gasteiger partial charge in [-0.3, -0.25) is 9.59 Å². The molecule has 1 fully saturated rings. The van der Waals surface area contributed by atoms with Gasteiger partial charge in [0.15, 0.2) is 22.5 Å². The van der Waals surface area contributed by atoms with Crippen LogP contribution < -0.4 is 20.3 Å². The van der Waals surface area contributed by atoms with E-state index >= 15 is 0 Å².